The summed E-state index contributed by atoms with van der Waals surface area (Å²) in [7, 11) is 1.32. The van der Waals surface area contributed by atoms with Gasteiger partial charge < -0.3 is 20.1 Å². The highest BCUT2D eigenvalue weighted by molar-refractivity contribution is 6.06. The summed E-state index contributed by atoms with van der Waals surface area (Å²) < 4.78 is 11.9. The number of tetrazole rings is 1. The van der Waals surface area contributed by atoms with Gasteiger partial charge in [0.05, 0.1) is 30.5 Å². The number of anilines is 2. The standard InChI is InChI=1S/C22H22N6O4/c1-4-32-17-8-6-5-7-16(17)24-20(29)18-13(2)23-22-25-26-27-28(22)19(18)14-9-11-15(12-10-14)21(30)31-3/h5-12,19H,4H2,1-3H3,(H,24,29)(H,23,25,27). The molecule has 0 saturated carbocycles. The number of esters is 1. The number of methoxy groups -OCH3 is 1. The number of fused-ring (bicyclic) bond motifs is 1. The van der Waals surface area contributed by atoms with E-state index in [4.69, 9.17) is 9.47 Å². The van der Waals surface area contributed by atoms with Gasteiger partial charge in [0.25, 0.3) is 5.91 Å². The number of ether oxygens (including phenoxy) is 2. The molecule has 2 aromatic carbocycles. The van der Waals surface area contributed by atoms with Crippen molar-refractivity contribution < 1.29 is 19.1 Å². The first-order chi connectivity index (χ1) is 15.5. The zero-order valence-electron chi connectivity index (χ0n) is 17.8. The summed E-state index contributed by atoms with van der Waals surface area (Å²) in [6, 6.07) is 13.4. The van der Waals surface area contributed by atoms with Gasteiger partial charge >= 0.3 is 5.97 Å². The highest BCUT2D eigenvalue weighted by Crippen LogP contribution is 2.35. The van der Waals surface area contributed by atoms with Gasteiger partial charge in [0, 0.05) is 5.70 Å². The third-order valence-corrected chi connectivity index (χ3v) is 5.04. The molecule has 164 valence electrons. The van der Waals surface area contributed by atoms with Gasteiger partial charge in [0.1, 0.15) is 11.8 Å². The van der Waals surface area contributed by atoms with Crippen LogP contribution < -0.4 is 15.4 Å². The lowest BCUT2D eigenvalue weighted by molar-refractivity contribution is -0.113. The van der Waals surface area contributed by atoms with Crippen LogP contribution in [0.15, 0.2) is 59.8 Å². The van der Waals surface area contributed by atoms with E-state index in [9.17, 15) is 9.59 Å². The number of nitrogens with one attached hydrogen (secondary N) is 2. The Morgan fingerprint density at radius 1 is 1.16 bits per heavy atom. The van der Waals surface area contributed by atoms with Crippen molar-refractivity contribution in [2.24, 2.45) is 0 Å². The first kappa shape index (κ1) is 21.0. The SMILES string of the molecule is CCOc1ccccc1NC(=O)C1=C(C)Nc2nnnn2C1c1ccc(C(=O)OC)cc1. The van der Waals surface area contributed by atoms with Crippen LogP contribution in [0.2, 0.25) is 0 Å². The number of para-hydroxylation sites is 2. The Balaban J connectivity index is 1.72. The third-order valence-electron chi connectivity index (χ3n) is 5.04. The van der Waals surface area contributed by atoms with E-state index in [2.05, 4.69) is 26.2 Å². The summed E-state index contributed by atoms with van der Waals surface area (Å²) in [5, 5.41) is 17.8. The number of rotatable bonds is 6. The molecular weight excluding hydrogens is 412 g/mol. The largest absolute Gasteiger partial charge is 0.492 e. The molecule has 1 aromatic heterocycles. The van der Waals surface area contributed by atoms with E-state index in [-0.39, 0.29) is 5.91 Å². The van der Waals surface area contributed by atoms with Gasteiger partial charge in [0.15, 0.2) is 0 Å². The molecule has 2 heterocycles. The number of carbonyl (C=O) groups excluding carboxylic acids is 2. The summed E-state index contributed by atoms with van der Waals surface area (Å²) in [5.41, 5.74) is 2.74. The predicted octanol–water partition coefficient (Wildman–Crippen LogP) is 2.79. The normalized spacial score (nSPS) is 14.9. The minimum absolute atomic E-state index is 0.328. The van der Waals surface area contributed by atoms with Crippen LogP contribution in [0, 0.1) is 0 Å². The van der Waals surface area contributed by atoms with Gasteiger partial charge in [-0.3, -0.25) is 4.79 Å². The minimum Gasteiger partial charge on any atom is -0.492 e. The van der Waals surface area contributed by atoms with Crippen LogP contribution in [-0.2, 0) is 9.53 Å². The molecule has 4 rings (SSSR count). The molecule has 3 aromatic rings. The molecule has 10 nitrogen and oxygen atoms in total. The maximum absolute atomic E-state index is 13.5. The van der Waals surface area contributed by atoms with Crippen LogP contribution in [0.25, 0.3) is 0 Å². The number of hydrogen-bond donors (Lipinski definition) is 2. The average molecular weight is 434 g/mol. The highest BCUT2D eigenvalue weighted by atomic mass is 16.5. The molecule has 0 bridgehead atoms. The van der Waals surface area contributed by atoms with Gasteiger partial charge in [0.2, 0.25) is 5.95 Å². The zero-order valence-corrected chi connectivity index (χ0v) is 17.8. The zero-order chi connectivity index (χ0) is 22.7. The molecule has 1 aliphatic heterocycles. The smallest absolute Gasteiger partial charge is 0.337 e. The number of aromatic nitrogens is 4. The Kier molecular flexibility index (Phi) is 5.84. The lowest BCUT2D eigenvalue weighted by Crippen LogP contribution is -2.31. The van der Waals surface area contributed by atoms with Crippen molar-refractivity contribution in [2.45, 2.75) is 19.9 Å². The lowest BCUT2D eigenvalue weighted by atomic mass is 9.94. The summed E-state index contributed by atoms with van der Waals surface area (Å²) in [4.78, 5) is 25.3. The molecule has 1 unspecified atom stereocenters. The molecule has 10 heteroatoms. The summed E-state index contributed by atoms with van der Waals surface area (Å²) >= 11 is 0. The molecule has 1 atom stereocenters. The van der Waals surface area contributed by atoms with Crippen LogP contribution in [0.5, 0.6) is 5.75 Å². The Labute approximate surface area is 184 Å². The third kappa shape index (κ3) is 3.89. The number of benzene rings is 2. The van der Waals surface area contributed by atoms with E-state index in [1.54, 1.807) is 43.3 Å². The van der Waals surface area contributed by atoms with E-state index >= 15 is 0 Å². The Morgan fingerprint density at radius 2 is 1.91 bits per heavy atom. The lowest BCUT2D eigenvalue weighted by Gasteiger charge is -2.28. The molecule has 0 radical (unpaired) electrons. The molecule has 0 saturated heterocycles. The molecule has 0 spiro atoms. The highest BCUT2D eigenvalue weighted by Gasteiger charge is 2.34. The van der Waals surface area contributed by atoms with Crippen LogP contribution >= 0.6 is 0 Å². The van der Waals surface area contributed by atoms with Gasteiger partial charge in [-0.05, 0) is 54.1 Å². The van der Waals surface area contributed by atoms with Gasteiger partial charge in [-0.15, -0.1) is 0 Å². The Hall–Kier alpha value is -4.21. The molecular formula is C22H22N6O4. The molecule has 1 aliphatic rings. The van der Waals surface area contributed by atoms with Crippen LogP contribution in [0.1, 0.15) is 35.8 Å². The molecule has 0 aliphatic carbocycles. The minimum atomic E-state index is -0.604. The first-order valence-corrected chi connectivity index (χ1v) is 10.0. The van der Waals surface area contributed by atoms with E-state index < -0.39 is 12.0 Å². The van der Waals surface area contributed by atoms with Gasteiger partial charge in [-0.2, -0.15) is 4.68 Å². The Bertz CT molecular complexity index is 1190. The van der Waals surface area contributed by atoms with Crippen molar-refractivity contribution in [3.63, 3.8) is 0 Å². The second kappa shape index (κ2) is 8.88. The summed E-state index contributed by atoms with van der Waals surface area (Å²) in [6.07, 6.45) is 0. The number of hydrogen-bond acceptors (Lipinski definition) is 8. The number of carbonyl (C=O) groups is 2. The fourth-order valence-corrected chi connectivity index (χ4v) is 3.57. The fourth-order valence-electron chi connectivity index (χ4n) is 3.57. The van der Waals surface area contributed by atoms with Crippen molar-refractivity contribution in [3.05, 3.63) is 70.9 Å². The maximum atomic E-state index is 13.5. The Morgan fingerprint density at radius 3 is 2.62 bits per heavy atom. The number of allylic oxidation sites excluding steroid dienone is 1. The molecule has 2 N–H and O–H groups in total. The van der Waals surface area contributed by atoms with Crippen LogP contribution in [0.3, 0.4) is 0 Å². The van der Waals surface area contributed by atoms with Crippen molar-refractivity contribution in [1.82, 2.24) is 20.2 Å². The summed E-state index contributed by atoms with van der Waals surface area (Å²) in [6.45, 7) is 4.14. The van der Waals surface area contributed by atoms with Gasteiger partial charge in [-0.1, -0.05) is 29.4 Å². The second-order valence-corrected chi connectivity index (χ2v) is 7.01. The quantitative estimate of drug-likeness (QED) is 0.568. The van der Waals surface area contributed by atoms with E-state index in [1.165, 1.54) is 11.8 Å². The first-order valence-electron chi connectivity index (χ1n) is 10.0. The second-order valence-electron chi connectivity index (χ2n) is 7.01. The van der Waals surface area contributed by atoms with Gasteiger partial charge in [-0.25, -0.2) is 4.79 Å². The predicted molar refractivity (Wildman–Crippen MR) is 116 cm³/mol. The van der Waals surface area contributed by atoms with Crippen molar-refractivity contribution in [2.75, 3.05) is 24.4 Å². The number of nitrogens with zero attached hydrogens (tertiary/aromatic N) is 4. The van der Waals surface area contributed by atoms with E-state index in [0.29, 0.717) is 40.8 Å². The van der Waals surface area contributed by atoms with Crippen molar-refractivity contribution >= 4 is 23.5 Å². The summed E-state index contributed by atoms with van der Waals surface area (Å²) in [5.74, 6) is 0.218. The fraction of sp³-hybridized carbons (Fsp3) is 0.227. The van der Waals surface area contributed by atoms with Crippen molar-refractivity contribution in [3.8, 4) is 5.75 Å². The van der Waals surface area contributed by atoms with E-state index in [1.807, 2.05) is 19.1 Å². The number of amides is 1. The van der Waals surface area contributed by atoms with Crippen LogP contribution in [0.4, 0.5) is 11.6 Å². The monoisotopic (exact) mass is 434 g/mol. The molecule has 1 amide bonds. The molecule has 32 heavy (non-hydrogen) atoms. The van der Waals surface area contributed by atoms with Crippen LogP contribution in [-0.4, -0.2) is 45.8 Å². The van der Waals surface area contributed by atoms with Crippen molar-refractivity contribution in [1.29, 1.82) is 0 Å². The molecule has 0 fully saturated rings. The average Bonchev–Trinajstić information content (AvgIpc) is 3.27. The van der Waals surface area contributed by atoms with E-state index in [0.717, 1.165) is 5.56 Å². The topological polar surface area (TPSA) is 120 Å². The maximum Gasteiger partial charge on any atom is 0.337 e.